The lowest BCUT2D eigenvalue weighted by atomic mass is 9.77. The lowest BCUT2D eigenvalue weighted by Gasteiger charge is -2.49. The first-order valence-corrected chi connectivity index (χ1v) is 7.23. The highest BCUT2D eigenvalue weighted by atomic mass is 19.1. The average Bonchev–Trinajstić information content (AvgIpc) is 2.35. The minimum atomic E-state index is -0.254. The fourth-order valence-electron chi connectivity index (χ4n) is 3.59. The van der Waals surface area contributed by atoms with Crippen molar-refractivity contribution >= 4 is 0 Å². The first-order valence-electron chi connectivity index (χ1n) is 7.23. The molecule has 0 aromatic heterocycles. The molecule has 2 aliphatic heterocycles. The lowest BCUT2D eigenvalue weighted by Crippen LogP contribution is -2.52. The lowest BCUT2D eigenvalue weighted by molar-refractivity contribution is -0.142. The van der Waals surface area contributed by atoms with E-state index in [-0.39, 0.29) is 23.1 Å². The van der Waals surface area contributed by atoms with Crippen molar-refractivity contribution in [3.05, 3.63) is 29.6 Å². The van der Waals surface area contributed by atoms with Crippen molar-refractivity contribution in [1.29, 1.82) is 0 Å². The Morgan fingerprint density at radius 3 is 2.85 bits per heavy atom. The largest absolute Gasteiger partial charge is 0.487 e. The third kappa shape index (κ3) is 2.42. The standard InChI is InChI=1S/C16H22FNO2/c1-15(2)10-16(6-7-19-15)9-13(18-3)12-5-4-11(17)8-14(12)20-16/h4-5,8,13,18H,6-7,9-10H2,1-3H3. The molecule has 3 rings (SSSR count). The molecule has 2 atom stereocenters. The maximum absolute atomic E-state index is 13.5. The second-order valence-corrected chi connectivity index (χ2v) is 6.55. The van der Waals surface area contributed by atoms with Crippen LogP contribution >= 0.6 is 0 Å². The van der Waals surface area contributed by atoms with Gasteiger partial charge in [0.15, 0.2) is 0 Å². The van der Waals surface area contributed by atoms with E-state index >= 15 is 0 Å². The van der Waals surface area contributed by atoms with Gasteiger partial charge < -0.3 is 14.8 Å². The second-order valence-electron chi connectivity index (χ2n) is 6.55. The minimum absolute atomic E-state index is 0.193. The molecule has 0 radical (unpaired) electrons. The fraction of sp³-hybridized carbons (Fsp3) is 0.625. The van der Waals surface area contributed by atoms with Crippen molar-refractivity contribution in [1.82, 2.24) is 5.32 Å². The molecule has 1 saturated heterocycles. The van der Waals surface area contributed by atoms with E-state index in [0.29, 0.717) is 12.4 Å². The van der Waals surface area contributed by atoms with Gasteiger partial charge in [0.1, 0.15) is 17.2 Å². The van der Waals surface area contributed by atoms with Crippen molar-refractivity contribution in [2.75, 3.05) is 13.7 Å². The van der Waals surface area contributed by atoms with Crippen LogP contribution in [0.25, 0.3) is 0 Å². The topological polar surface area (TPSA) is 30.5 Å². The van der Waals surface area contributed by atoms with Crippen LogP contribution in [0.4, 0.5) is 4.39 Å². The molecule has 110 valence electrons. The van der Waals surface area contributed by atoms with Crippen molar-refractivity contribution in [3.63, 3.8) is 0 Å². The Kier molecular flexibility index (Phi) is 3.26. The van der Waals surface area contributed by atoms with Gasteiger partial charge in [-0.25, -0.2) is 4.39 Å². The van der Waals surface area contributed by atoms with E-state index in [9.17, 15) is 4.39 Å². The molecule has 1 aromatic rings. The van der Waals surface area contributed by atoms with Gasteiger partial charge in [0.25, 0.3) is 0 Å². The summed E-state index contributed by atoms with van der Waals surface area (Å²) >= 11 is 0. The minimum Gasteiger partial charge on any atom is -0.487 e. The number of fused-ring (bicyclic) bond motifs is 1. The van der Waals surface area contributed by atoms with Gasteiger partial charge in [-0.15, -0.1) is 0 Å². The molecule has 1 aromatic carbocycles. The highest BCUT2D eigenvalue weighted by Gasteiger charge is 2.47. The summed E-state index contributed by atoms with van der Waals surface area (Å²) in [6, 6.07) is 5.03. The van der Waals surface area contributed by atoms with Crippen LogP contribution in [0.1, 0.15) is 44.7 Å². The van der Waals surface area contributed by atoms with Crippen LogP contribution < -0.4 is 10.1 Å². The molecule has 2 unspecified atom stereocenters. The second kappa shape index (κ2) is 4.71. The van der Waals surface area contributed by atoms with Crippen LogP contribution in [0.3, 0.4) is 0 Å². The van der Waals surface area contributed by atoms with Crippen molar-refractivity contribution in [2.45, 2.75) is 50.4 Å². The molecule has 4 heteroatoms. The van der Waals surface area contributed by atoms with Crippen LogP contribution in [-0.4, -0.2) is 24.9 Å². The molecule has 0 amide bonds. The van der Waals surface area contributed by atoms with E-state index < -0.39 is 0 Å². The SMILES string of the molecule is CNC1CC2(CCOC(C)(C)C2)Oc2cc(F)ccc21. The molecule has 3 nitrogen and oxygen atoms in total. The summed E-state index contributed by atoms with van der Waals surface area (Å²) in [5, 5.41) is 3.34. The zero-order valence-electron chi connectivity index (χ0n) is 12.3. The summed E-state index contributed by atoms with van der Waals surface area (Å²) in [5.41, 5.74) is 0.598. The Bertz CT molecular complexity index is 517. The molecule has 2 aliphatic rings. The summed E-state index contributed by atoms with van der Waals surface area (Å²) in [4.78, 5) is 0. The fourth-order valence-corrected chi connectivity index (χ4v) is 3.59. The van der Waals surface area contributed by atoms with Crippen molar-refractivity contribution in [3.8, 4) is 5.75 Å². The summed E-state index contributed by atoms with van der Waals surface area (Å²) in [5.74, 6) is 0.426. The molecule has 1 fully saturated rings. The van der Waals surface area contributed by atoms with Crippen molar-refractivity contribution in [2.24, 2.45) is 0 Å². The summed E-state index contributed by atoms with van der Waals surface area (Å²) in [7, 11) is 1.95. The van der Waals surface area contributed by atoms with Crippen LogP contribution in [-0.2, 0) is 4.74 Å². The number of rotatable bonds is 1. The highest BCUT2D eigenvalue weighted by Crippen LogP contribution is 2.47. The summed E-state index contributed by atoms with van der Waals surface area (Å²) in [6.45, 7) is 4.87. The normalized spacial score (nSPS) is 31.7. The molecule has 2 heterocycles. The molecule has 1 N–H and O–H groups in total. The number of nitrogens with one attached hydrogen (secondary N) is 1. The van der Waals surface area contributed by atoms with Gasteiger partial charge in [0.05, 0.1) is 12.2 Å². The first kappa shape index (κ1) is 13.8. The van der Waals surface area contributed by atoms with Crippen LogP contribution in [0.15, 0.2) is 18.2 Å². The Hall–Kier alpha value is -1.13. The Labute approximate surface area is 119 Å². The van der Waals surface area contributed by atoms with E-state index in [1.807, 2.05) is 13.1 Å². The first-order chi connectivity index (χ1) is 9.43. The van der Waals surface area contributed by atoms with E-state index in [2.05, 4.69) is 19.2 Å². The van der Waals surface area contributed by atoms with E-state index in [0.717, 1.165) is 24.8 Å². The number of halogens is 1. The van der Waals surface area contributed by atoms with Gasteiger partial charge in [0, 0.05) is 36.9 Å². The predicted molar refractivity (Wildman–Crippen MR) is 75.4 cm³/mol. The maximum atomic E-state index is 13.5. The summed E-state index contributed by atoms with van der Waals surface area (Å²) < 4.78 is 25.6. The Morgan fingerprint density at radius 2 is 2.15 bits per heavy atom. The average molecular weight is 279 g/mol. The molecule has 0 saturated carbocycles. The van der Waals surface area contributed by atoms with Gasteiger partial charge in [-0.2, -0.15) is 0 Å². The molecular formula is C16H22FNO2. The van der Waals surface area contributed by atoms with Crippen LogP contribution in [0.5, 0.6) is 5.75 Å². The van der Waals surface area contributed by atoms with Crippen molar-refractivity contribution < 1.29 is 13.9 Å². The van der Waals surface area contributed by atoms with Crippen LogP contribution in [0.2, 0.25) is 0 Å². The number of hydrogen-bond acceptors (Lipinski definition) is 3. The smallest absolute Gasteiger partial charge is 0.127 e. The van der Waals surface area contributed by atoms with Gasteiger partial charge in [-0.3, -0.25) is 0 Å². The van der Waals surface area contributed by atoms with Gasteiger partial charge in [-0.05, 0) is 27.0 Å². The maximum Gasteiger partial charge on any atom is 0.127 e. The van der Waals surface area contributed by atoms with E-state index in [1.165, 1.54) is 12.1 Å². The monoisotopic (exact) mass is 279 g/mol. The molecule has 0 bridgehead atoms. The van der Waals surface area contributed by atoms with Gasteiger partial charge in [0.2, 0.25) is 0 Å². The zero-order valence-corrected chi connectivity index (χ0v) is 12.3. The third-order valence-electron chi connectivity index (χ3n) is 4.40. The van der Waals surface area contributed by atoms with Crippen LogP contribution in [0, 0.1) is 5.82 Å². The molecule has 1 spiro atoms. The molecular weight excluding hydrogens is 257 g/mol. The van der Waals surface area contributed by atoms with Gasteiger partial charge >= 0.3 is 0 Å². The predicted octanol–water partition coefficient (Wildman–Crippen LogP) is 3.20. The van der Waals surface area contributed by atoms with Gasteiger partial charge in [-0.1, -0.05) is 6.07 Å². The Morgan fingerprint density at radius 1 is 1.35 bits per heavy atom. The third-order valence-corrected chi connectivity index (χ3v) is 4.40. The summed E-state index contributed by atoms with van der Waals surface area (Å²) in [6.07, 6.45) is 2.58. The number of hydrogen-bond donors (Lipinski definition) is 1. The Balaban J connectivity index is 1.97. The molecule has 20 heavy (non-hydrogen) atoms. The highest BCUT2D eigenvalue weighted by molar-refractivity contribution is 5.39. The zero-order chi connectivity index (χ0) is 14.4. The molecule has 0 aliphatic carbocycles. The van der Waals surface area contributed by atoms with E-state index in [4.69, 9.17) is 9.47 Å². The number of benzene rings is 1. The van der Waals surface area contributed by atoms with E-state index in [1.54, 1.807) is 0 Å². The quantitative estimate of drug-likeness (QED) is 0.856. The number of ether oxygens (including phenoxy) is 2.